The van der Waals surface area contributed by atoms with E-state index < -0.39 is 0 Å². The molecule has 2 N–H and O–H groups in total. The van der Waals surface area contributed by atoms with Gasteiger partial charge in [-0.2, -0.15) is 0 Å². The molecule has 0 aliphatic carbocycles. The van der Waals surface area contributed by atoms with Gasteiger partial charge in [-0.3, -0.25) is 0 Å². The number of anilines is 1. The number of nitrogen functional groups attached to an aromatic ring is 1. The number of hydrogen-bond donors (Lipinski definition) is 1. The number of hydrogen-bond acceptors (Lipinski definition) is 4. The summed E-state index contributed by atoms with van der Waals surface area (Å²) in [5.41, 5.74) is 5.68. The number of nitrogens with zero attached hydrogens (tertiary/aromatic N) is 2. The molecule has 1 rings (SSSR count). The van der Waals surface area contributed by atoms with E-state index in [1.54, 1.807) is 6.08 Å². The van der Waals surface area contributed by atoms with E-state index in [1.807, 2.05) is 0 Å². The molecule has 0 saturated heterocycles. The van der Waals surface area contributed by atoms with E-state index in [2.05, 4.69) is 16.5 Å². The summed E-state index contributed by atoms with van der Waals surface area (Å²) in [6, 6.07) is 0. The lowest BCUT2D eigenvalue weighted by molar-refractivity contribution is 0.974. The van der Waals surface area contributed by atoms with Crippen molar-refractivity contribution in [1.82, 2.24) is 9.97 Å². The zero-order valence-corrected chi connectivity index (χ0v) is 8.96. The smallest absolute Gasteiger partial charge is 0.190 e. The number of halogens is 2. The van der Waals surface area contributed by atoms with Crippen LogP contribution < -0.4 is 5.73 Å². The molecule has 1 aromatic rings. The Balaban J connectivity index is 2.92. The van der Waals surface area contributed by atoms with Gasteiger partial charge in [0.1, 0.15) is 5.69 Å². The molecule has 0 amide bonds. The molecule has 0 fully saturated rings. The lowest BCUT2D eigenvalue weighted by Gasteiger charge is -2.02. The van der Waals surface area contributed by atoms with Gasteiger partial charge in [-0.25, -0.2) is 9.97 Å². The van der Waals surface area contributed by atoms with Crippen LogP contribution in [0.2, 0.25) is 10.3 Å². The first-order valence-corrected chi connectivity index (χ1v) is 5.11. The van der Waals surface area contributed by atoms with Gasteiger partial charge in [0.15, 0.2) is 15.5 Å². The Morgan fingerprint density at radius 3 is 2.38 bits per heavy atom. The minimum atomic E-state index is 0.187. The Labute approximate surface area is 90.3 Å². The average molecular weight is 236 g/mol. The Bertz CT molecular complexity index is 307. The van der Waals surface area contributed by atoms with E-state index in [0.29, 0.717) is 10.9 Å². The summed E-state index contributed by atoms with van der Waals surface area (Å²) in [6.45, 7) is 3.57. The summed E-state index contributed by atoms with van der Waals surface area (Å²) in [5, 5.41) is 0.877. The lowest BCUT2D eigenvalue weighted by atomic mass is 10.6. The summed E-state index contributed by atoms with van der Waals surface area (Å²) >= 11 is 12.8. The van der Waals surface area contributed by atoms with Crippen LogP contribution >= 0.6 is 35.0 Å². The predicted octanol–water partition coefficient (Wildman–Crippen LogP) is 2.64. The van der Waals surface area contributed by atoms with Crippen molar-refractivity contribution in [2.75, 3.05) is 11.5 Å². The van der Waals surface area contributed by atoms with Crippen LogP contribution in [0.15, 0.2) is 17.8 Å². The lowest BCUT2D eigenvalue weighted by Crippen LogP contribution is -1.96. The first kappa shape index (κ1) is 10.6. The van der Waals surface area contributed by atoms with Crippen molar-refractivity contribution in [2.45, 2.75) is 5.16 Å². The Morgan fingerprint density at radius 2 is 1.92 bits per heavy atom. The van der Waals surface area contributed by atoms with Crippen LogP contribution in [0.4, 0.5) is 5.69 Å². The predicted molar refractivity (Wildman–Crippen MR) is 57.4 cm³/mol. The minimum Gasteiger partial charge on any atom is -0.394 e. The molecule has 6 heteroatoms. The van der Waals surface area contributed by atoms with Crippen molar-refractivity contribution in [1.29, 1.82) is 0 Å². The quantitative estimate of drug-likeness (QED) is 0.379. The molecule has 0 unspecified atom stereocenters. The van der Waals surface area contributed by atoms with E-state index in [-0.39, 0.29) is 16.0 Å². The summed E-state index contributed by atoms with van der Waals surface area (Å²) in [6.07, 6.45) is 1.74. The maximum atomic E-state index is 5.70. The second kappa shape index (κ2) is 4.69. The standard InChI is InChI=1S/C7H7Cl2N3S/c1-2-3-13-7-11-5(8)4(10)6(9)12-7/h2H,1,3,10H2. The molecule has 0 spiro atoms. The topological polar surface area (TPSA) is 51.8 Å². The fourth-order valence-electron chi connectivity index (χ4n) is 0.597. The van der Waals surface area contributed by atoms with Gasteiger partial charge in [0.2, 0.25) is 0 Å². The fourth-order valence-corrected chi connectivity index (χ4v) is 1.66. The highest BCUT2D eigenvalue weighted by molar-refractivity contribution is 7.99. The van der Waals surface area contributed by atoms with E-state index in [1.165, 1.54) is 11.8 Å². The second-order valence-corrected chi connectivity index (χ2v) is 3.80. The number of rotatable bonds is 3. The Kier molecular flexibility index (Phi) is 3.84. The monoisotopic (exact) mass is 235 g/mol. The molecular weight excluding hydrogens is 229 g/mol. The molecule has 3 nitrogen and oxygen atoms in total. The van der Waals surface area contributed by atoms with Gasteiger partial charge in [-0.05, 0) is 0 Å². The summed E-state index contributed by atoms with van der Waals surface area (Å²) in [7, 11) is 0. The molecule has 0 aliphatic rings. The van der Waals surface area contributed by atoms with E-state index in [0.717, 1.165) is 0 Å². The van der Waals surface area contributed by atoms with Gasteiger partial charge >= 0.3 is 0 Å². The van der Waals surface area contributed by atoms with Gasteiger partial charge in [0.05, 0.1) is 0 Å². The van der Waals surface area contributed by atoms with E-state index in [4.69, 9.17) is 28.9 Å². The third-order valence-corrected chi connectivity index (χ3v) is 2.58. The minimum absolute atomic E-state index is 0.187. The zero-order valence-electron chi connectivity index (χ0n) is 6.63. The van der Waals surface area contributed by atoms with E-state index in [9.17, 15) is 0 Å². The molecule has 0 aliphatic heterocycles. The zero-order chi connectivity index (χ0) is 9.84. The fraction of sp³-hybridized carbons (Fsp3) is 0.143. The second-order valence-electron chi connectivity index (χ2n) is 2.10. The molecule has 1 aromatic heterocycles. The summed E-state index contributed by atoms with van der Waals surface area (Å²) in [4.78, 5) is 7.86. The molecule has 0 atom stereocenters. The van der Waals surface area contributed by atoms with Crippen LogP contribution in [0.1, 0.15) is 0 Å². The van der Waals surface area contributed by atoms with E-state index >= 15 is 0 Å². The van der Waals surface area contributed by atoms with Crippen LogP contribution in [-0.2, 0) is 0 Å². The first-order chi connectivity index (χ1) is 6.15. The Morgan fingerprint density at radius 1 is 1.38 bits per heavy atom. The molecule has 0 bridgehead atoms. The first-order valence-electron chi connectivity index (χ1n) is 3.37. The summed E-state index contributed by atoms with van der Waals surface area (Å²) < 4.78 is 0. The maximum absolute atomic E-state index is 5.70. The van der Waals surface area contributed by atoms with Crippen LogP contribution in [-0.4, -0.2) is 15.7 Å². The largest absolute Gasteiger partial charge is 0.394 e. The normalized spacial score (nSPS) is 10.0. The molecule has 70 valence electrons. The van der Waals surface area contributed by atoms with Crippen LogP contribution in [0, 0.1) is 0 Å². The molecule has 0 aromatic carbocycles. The highest BCUT2D eigenvalue weighted by Crippen LogP contribution is 2.26. The van der Waals surface area contributed by atoms with Crippen LogP contribution in [0.3, 0.4) is 0 Å². The number of aromatic nitrogens is 2. The highest BCUT2D eigenvalue weighted by atomic mass is 35.5. The van der Waals surface area contributed by atoms with Gasteiger partial charge in [0.25, 0.3) is 0 Å². The Hall–Kier alpha value is -0.450. The summed E-state index contributed by atoms with van der Waals surface area (Å²) in [5.74, 6) is 0.705. The average Bonchev–Trinajstić information content (AvgIpc) is 2.10. The molecule has 13 heavy (non-hydrogen) atoms. The third-order valence-electron chi connectivity index (χ3n) is 1.16. The third kappa shape index (κ3) is 2.76. The number of nitrogens with two attached hydrogens (primary N) is 1. The van der Waals surface area contributed by atoms with Crippen LogP contribution in [0.5, 0.6) is 0 Å². The van der Waals surface area contributed by atoms with Crippen molar-refractivity contribution >= 4 is 40.7 Å². The van der Waals surface area contributed by atoms with Gasteiger partial charge in [0, 0.05) is 5.75 Å². The maximum Gasteiger partial charge on any atom is 0.190 e. The van der Waals surface area contributed by atoms with Crippen molar-refractivity contribution in [3.63, 3.8) is 0 Å². The molecular formula is C7H7Cl2N3S. The van der Waals surface area contributed by atoms with Crippen LogP contribution in [0.25, 0.3) is 0 Å². The van der Waals surface area contributed by atoms with Crippen molar-refractivity contribution in [3.05, 3.63) is 23.0 Å². The van der Waals surface area contributed by atoms with Gasteiger partial charge in [-0.1, -0.05) is 41.0 Å². The molecule has 1 heterocycles. The van der Waals surface area contributed by atoms with Gasteiger partial charge in [-0.15, -0.1) is 6.58 Å². The van der Waals surface area contributed by atoms with Crippen molar-refractivity contribution in [3.8, 4) is 0 Å². The number of thioether (sulfide) groups is 1. The highest BCUT2D eigenvalue weighted by Gasteiger charge is 2.07. The molecule has 0 radical (unpaired) electrons. The van der Waals surface area contributed by atoms with Gasteiger partial charge < -0.3 is 5.73 Å². The van der Waals surface area contributed by atoms with Crippen molar-refractivity contribution in [2.24, 2.45) is 0 Å². The van der Waals surface area contributed by atoms with Crippen molar-refractivity contribution < 1.29 is 0 Å². The molecule has 0 saturated carbocycles. The SMILES string of the molecule is C=CCSc1nc(Cl)c(N)c(Cl)n1.